The molecular formula is C18H31NO2. The first-order valence-corrected chi connectivity index (χ1v) is 8.68. The van der Waals surface area contributed by atoms with Crippen LogP contribution in [0, 0.1) is 17.3 Å². The summed E-state index contributed by atoms with van der Waals surface area (Å²) in [5, 5.41) is 0. The third-order valence-corrected chi connectivity index (χ3v) is 5.44. The van der Waals surface area contributed by atoms with E-state index < -0.39 is 0 Å². The van der Waals surface area contributed by atoms with Crippen LogP contribution in [0.5, 0.6) is 0 Å². The van der Waals surface area contributed by atoms with E-state index in [1.165, 1.54) is 19.3 Å². The SMILES string of the molecule is CC(C)(C)C1CCC(=O)N(CC(=O)C2CCCCC2)CC1. The summed E-state index contributed by atoms with van der Waals surface area (Å²) < 4.78 is 0. The number of amides is 1. The van der Waals surface area contributed by atoms with E-state index in [9.17, 15) is 9.59 Å². The Balaban J connectivity index is 1.90. The molecule has 1 heterocycles. The fourth-order valence-electron chi connectivity index (χ4n) is 3.81. The molecule has 2 fully saturated rings. The molecule has 0 bridgehead atoms. The van der Waals surface area contributed by atoms with Gasteiger partial charge < -0.3 is 4.90 Å². The lowest BCUT2D eigenvalue weighted by molar-refractivity contribution is -0.136. The van der Waals surface area contributed by atoms with Gasteiger partial charge in [-0.3, -0.25) is 9.59 Å². The van der Waals surface area contributed by atoms with Crippen molar-refractivity contribution in [3.05, 3.63) is 0 Å². The van der Waals surface area contributed by atoms with Gasteiger partial charge in [-0.25, -0.2) is 0 Å². The molecule has 3 heteroatoms. The van der Waals surface area contributed by atoms with Gasteiger partial charge in [-0.2, -0.15) is 0 Å². The lowest BCUT2D eigenvalue weighted by Gasteiger charge is -2.30. The summed E-state index contributed by atoms with van der Waals surface area (Å²) in [4.78, 5) is 26.5. The number of nitrogens with zero attached hydrogens (tertiary/aromatic N) is 1. The molecular weight excluding hydrogens is 262 g/mol. The maximum absolute atomic E-state index is 12.4. The molecule has 21 heavy (non-hydrogen) atoms. The summed E-state index contributed by atoms with van der Waals surface area (Å²) in [5.41, 5.74) is 0.254. The fourth-order valence-corrected chi connectivity index (χ4v) is 3.81. The van der Waals surface area contributed by atoms with E-state index in [0.717, 1.165) is 32.2 Å². The molecule has 2 aliphatic rings. The van der Waals surface area contributed by atoms with Crippen LogP contribution in [0.2, 0.25) is 0 Å². The minimum atomic E-state index is 0.186. The van der Waals surface area contributed by atoms with Crippen LogP contribution >= 0.6 is 0 Å². The molecule has 0 aromatic heterocycles. The average molecular weight is 293 g/mol. The van der Waals surface area contributed by atoms with Crippen LogP contribution in [0.1, 0.15) is 72.1 Å². The number of carbonyl (C=O) groups is 2. The van der Waals surface area contributed by atoms with E-state index in [0.29, 0.717) is 24.7 Å². The molecule has 0 spiro atoms. The zero-order chi connectivity index (χ0) is 15.5. The van der Waals surface area contributed by atoms with E-state index >= 15 is 0 Å². The summed E-state index contributed by atoms with van der Waals surface area (Å²) in [7, 11) is 0. The molecule has 1 saturated carbocycles. The molecule has 1 atom stereocenters. The Morgan fingerprint density at radius 2 is 1.76 bits per heavy atom. The molecule has 1 saturated heterocycles. The van der Waals surface area contributed by atoms with Crippen LogP contribution in [-0.2, 0) is 9.59 Å². The average Bonchev–Trinajstić information content (AvgIpc) is 2.62. The Labute approximate surface area is 129 Å². The van der Waals surface area contributed by atoms with Crippen molar-refractivity contribution in [2.75, 3.05) is 13.1 Å². The Bertz CT molecular complexity index is 377. The fraction of sp³-hybridized carbons (Fsp3) is 0.889. The van der Waals surface area contributed by atoms with E-state index in [1.807, 2.05) is 4.90 Å². The largest absolute Gasteiger partial charge is 0.335 e. The van der Waals surface area contributed by atoms with Crippen molar-refractivity contribution in [3.63, 3.8) is 0 Å². The van der Waals surface area contributed by atoms with Gasteiger partial charge in [-0.1, -0.05) is 40.0 Å². The highest BCUT2D eigenvalue weighted by atomic mass is 16.2. The molecule has 0 radical (unpaired) electrons. The smallest absolute Gasteiger partial charge is 0.222 e. The van der Waals surface area contributed by atoms with Crippen LogP contribution < -0.4 is 0 Å². The van der Waals surface area contributed by atoms with Crippen LogP contribution in [-0.4, -0.2) is 29.7 Å². The predicted octanol–water partition coefficient (Wildman–Crippen LogP) is 3.81. The van der Waals surface area contributed by atoms with E-state index in [2.05, 4.69) is 20.8 Å². The maximum Gasteiger partial charge on any atom is 0.222 e. The first-order chi connectivity index (χ1) is 9.88. The zero-order valence-corrected chi connectivity index (χ0v) is 14.0. The van der Waals surface area contributed by atoms with Crippen LogP contribution in [0.4, 0.5) is 0 Å². The molecule has 1 unspecified atom stereocenters. The molecule has 0 N–H and O–H groups in total. The number of carbonyl (C=O) groups excluding carboxylic acids is 2. The Hall–Kier alpha value is -0.860. The van der Waals surface area contributed by atoms with Crippen molar-refractivity contribution in [2.24, 2.45) is 17.3 Å². The predicted molar refractivity (Wildman–Crippen MR) is 85.0 cm³/mol. The highest BCUT2D eigenvalue weighted by Gasteiger charge is 2.31. The van der Waals surface area contributed by atoms with Crippen LogP contribution in [0.3, 0.4) is 0 Å². The third-order valence-electron chi connectivity index (χ3n) is 5.44. The Morgan fingerprint density at radius 1 is 1.10 bits per heavy atom. The minimum absolute atomic E-state index is 0.186. The third kappa shape index (κ3) is 4.55. The molecule has 2 rings (SSSR count). The summed E-state index contributed by atoms with van der Waals surface area (Å²) in [5.74, 6) is 1.28. The van der Waals surface area contributed by atoms with Gasteiger partial charge in [0.05, 0.1) is 6.54 Å². The number of ketones is 1. The first-order valence-electron chi connectivity index (χ1n) is 8.68. The molecule has 120 valence electrons. The van der Waals surface area contributed by atoms with Gasteiger partial charge in [-0.15, -0.1) is 0 Å². The quantitative estimate of drug-likeness (QED) is 0.793. The standard InChI is InChI=1S/C18H31NO2/c1-18(2,3)15-9-10-17(21)19(12-11-15)13-16(20)14-7-5-4-6-8-14/h14-15H,4-13H2,1-3H3. The van der Waals surface area contributed by atoms with E-state index in [1.54, 1.807) is 0 Å². The number of hydrogen-bond donors (Lipinski definition) is 0. The summed E-state index contributed by atoms with van der Waals surface area (Å²) in [6.45, 7) is 7.89. The van der Waals surface area contributed by atoms with Crippen molar-refractivity contribution in [1.29, 1.82) is 0 Å². The second-order valence-electron chi connectivity index (χ2n) is 8.01. The lowest BCUT2D eigenvalue weighted by Crippen LogP contribution is -2.38. The number of rotatable bonds is 3. The topological polar surface area (TPSA) is 37.4 Å². The Kier molecular flexibility index (Phi) is 5.45. The van der Waals surface area contributed by atoms with Gasteiger partial charge in [0.2, 0.25) is 5.91 Å². The number of hydrogen-bond acceptors (Lipinski definition) is 2. The van der Waals surface area contributed by atoms with Gasteiger partial charge in [0, 0.05) is 18.9 Å². The Morgan fingerprint density at radius 3 is 2.38 bits per heavy atom. The van der Waals surface area contributed by atoms with Crippen LogP contribution in [0.25, 0.3) is 0 Å². The second-order valence-corrected chi connectivity index (χ2v) is 8.01. The highest BCUT2D eigenvalue weighted by Crippen LogP contribution is 2.34. The number of likely N-dealkylation sites (tertiary alicyclic amines) is 1. The minimum Gasteiger partial charge on any atom is -0.335 e. The van der Waals surface area contributed by atoms with E-state index in [-0.39, 0.29) is 17.2 Å². The number of Topliss-reactive ketones (excluding diaryl/α,β-unsaturated/α-hetero) is 1. The van der Waals surface area contributed by atoms with Gasteiger partial charge in [0.25, 0.3) is 0 Å². The van der Waals surface area contributed by atoms with Gasteiger partial charge in [0.1, 0.15) is 0 Å². The molecule has 0 aromatic carbocycles. The monoisotopic (exact) mass is 293 g/mol. The van der Waals surface area contributed by atoms with Gasteiger partial charge in [-0.05, 0) is 37.0 Å². The van der Waals surface area contributed by atoms with Gasteiger partial charge in [0.15, 0.2) is 5.78 Å². The van der Waals surface area contributed by atoms with Crippen LogP contribution in [0.15, 0.2) is 0 Å². The molecule has 1 aliphatic heterocycles. The summed E-state index contributed by atoms with van der Waals surface area (Å²) >= 11 is 0. The highest BCUT2D eigenvalue weighted by molar-refractivity contribution is 5.87. The molecule has 3 nitrogen and oxygen atoms in total. The van der Waals surface area contributed by atoms with Crippen molar-refractivity contribution in [1.82, 2.24) is 4.90 Å². The molecule has 0 aromatic rings. The van der Waals surface area contributed by atoms with Crippen molar-refractivity contribution >= 4 is 11.7 Å². The molecule has 1 aliphatic carbocycles. The maximum atomic E-state index is 12.4. The normalized spacial score (nSPS) is 25.8. The lowest BCUT2D eigenvalue weighted by atomic mass is 9.77. The summed E-state index contributed by atoms with van der Waals surface area (Å²) in [6.07, 6.45) is 8.30. The second kappa shape index (κ2) is 6.93. The van der Waals surface area contributed by atoms with Gasteiger partial charge >= 0.3 is 0 Å². The van der Waals surface area contributed by atoms with Crippen molar-refractivity contribution in [3.8, 4) is 0 Å². The molecule has 1 amide bonds. The van der Waals surface area contributed by atoms with Crippen molar-refractivity contribution < 1.29 is 9.59 Å². The zero-order valence-electron chi connectivity index (χ0n) is 14.0. The van der Waals surface area contributed by atoms with E-state index in [4.69, 9.17) is 0 Å². The van der Waals surface area contributed by atoms with Crippen molar-refractivity contribution in [2.45, 2.75) is 72.1 Å². The summed E-state index contributed by atoms with van der Waals surface area (Å²) in [6, 6.07) is 0. The first kappa shape index (κ1) is 16.5.